The van der Waals surface area contributed by atoms with E-state index in [-0.39, 0.29) is 53.3 Å². The summed E-state index contributed by atoms with van der Waals surface area (Å²) in [6, 6.07) is 3.34. The van der Waals surface area contributed by atoms with Gasteiger partial charge in [0.15, 0.2) is 11.5 Å². The lowest BCUT2D eigenvalue weighted by Gasteiger charge is -2.39. The predicted molar refractivity (Wildman–Crippen MR) is 149 cm³/mol. The van der Waals surface area contributed by atoms with Crippen LogP contribution in [0.3, 0.4) is 0 Å². The van der Waals surface area contributed by atoms with Crippen molar-refractivity contribution < 1.29 is 35.8 Å². The number of nitrogens with two attached hydrogens (primary N) is 1. The monoisotopic (exact) mass is 612 g/mol. The largest absolute Gasteiger partial charge is 0.485 e. The van der Waals surface area contributed by atoms with E-state index in [1.165, 1.54) is 16.4 Å². The van der Waals surface area contributed by atoms with Gasteiger partial charge < -0.3 is 30.6 Å². The quantitative estimate of drug-likeness (QED) is 0.443. The number of halogens is 3. The number of morpholine rings is 1. The van der Waals surface area contributed by atoms with Crippen LogP contribution in [0.4, 0.5) is 18.9 Å². The number of benzene rings is 1. The molecule has 0 aromatic heterocycles. The van der Waals surface area contributed by atoms with Crippen LogP contribution in [-0.4, -0.2) is 100 Å². The number of sulfonamides is 1. The Bertz CT molecular complexity index is 1430. The Labute approximate surface area is 242 Å². The Kier molecular flexibility index (Phi) is 7.66. The third-order valence-corrected chi connectivity index (χ3v) is 10.4. The molecular weight excluding hydrogens is 577 g/mol. The lowest BCUT2D eigenvalue weighted by molar-refractivity contribution is -0.0928. The second-order valence-electron chi connectivity index (χ2n) is 11.0. The van der Waals surface area contributed by atoms with Gasteiger partial charge in [0.1, 0.15) is 29.8 Å². The smallest absolute Gasteiger partial charge is 0.414 e. The van der Waals surface area contributed by atoms with E-state index in [1.54, 1.807) is 13.0 Å². The van der Waals surface area contributed by atoms with Crippen molar-refractivity contribution in [3.63, 3.8) is 0 Å². The summed E-state index contributed by atoms with van der Waals surface area (Å²) >= 11 is 0. The molecule has 0 bridgehead atoms. The molecule has 0 saturated carbocycles. The molecule has 5 heterocycles. The maximum atomic E-state index is 13.8. The summed E-state index contributed by atoms with van der Waals surface area (Å²) in [5.74, 6) is 0.565. The molecule has 2 saturated heterocycles. The summed E-state index contributed by atoms with van der Waals surface area (Å²) < 4.78 is 87.3. The van der Waals surface area contributed by atoms with Gasteiger partial charge in [0, 0.05) is 44.3 Å². The number of aliphatic imine (C=N–C) groups is 1. The Balaban J connectivity index is 1.26. The summed E-state index contributed by atoms with van der Waals surface area (Å²) in [4.78, 5) is 6.75. The minimum atomic E-state index is -4.54. The number of hydrogen-bond donors (Lipinski definition) is 3. The minimum absolute atomic E-state index is 0.00994. The average molecular weight is 613 g/mol. The number of anilines is 1. The fourth-order valence-corrected chi connectivity index (χ4v) is 7.82. The van der Waals surface area contributed by atoms with E-state index in [4.69, 9.17) is 19.9 Å². The molecule has 15 heteroatoms. The lowest BCUT2D eigenvalue weighted by Crippen LogP contribution is -2.50. The molecule has 0 spiro atoms. The van der Waals surface area contributed by atoms with E-state index in [1.807, 2.05) is 0 Å². The van der Waals surface area contributed by atoms with Crippen molar-refractivity contribution in [1.29, 1.82) is 0 Å². The molecule has 5 aliphatic rings. The van der Waals surface area contributed by atoms with Gasteiger partial charge in [-0.15, -0.1) is 0 Å². The van der Waals surface area contributed by atoms with Gasteiger partial charge in [0.05, 0.1) is 30.0 Å². The Morgan fingerprint density at radius 3 is 2.45 bits per heavy atom. The van der Waals surface area contributed by atoms with Crippen LogP contribution in [0.5, 0.6) is 11.5 Å². The van der Waals surface area contributed by atoms with Gasteiger partial charge in [-0.3, -0.25) is 4.90 Å². The summed E-state index contributed by atoms with van der Waals surface area (Å²) in [7, 11) is -3.89. The first-order chi connectivity index (χ1) is 20.0. The van der Waals surface area contributed by atoms with Crippen LogP contribution in [-0.2, 0) is 14.8 Å². The van der Waals surface area contributed by atoms with Gasteiger partial charge in [0.2, 0.25) is 10.0 Å². The predicted octanol–water partition coefficient (Wildman–Crippen LogP) is 2.18. The van der Waals surface area contributed by atoms with Crippen molar-refractivity contribution in [2.45, 2.75) is 48.8 Å². The Morgan fingerprint density at radius 2 is 1.79 bits per heavy atom. The summed E-state index contributed by atoms with van der Waals surface area (Å²) in [6.45, 7) is 5.54. The maximum absolute atomic E-state index is 13.8. The zero-order chi connectivity index (χ0) is 29.7. The second kappa shape index (κ2) is 11.0. The summed E-state index contributed by atoms with van der Waals surface area (Å²) in [6.07, 6.45) is -1.42. The molecule has 1 aromatic rings. The number of nitrogens with one attached hydrogen (secondary N) is 2. The van der Waals surface area contributed by atoms with Crippen LogP contribution in [0, 0.1) is 0 Å². The summed E-state index contributed by atoms with van der Waals surface area (Å²) in [5, 5.41) is 5.80. The van der Waals surface area contributed by atoms with Crippen LogP contribution in [0.15, 0.2) is 45.1 Å². The zero-order valence-electron chi connectivity index (χ0n) is 23.3. The molecule has 5 aliphatic heterocycles. The molecule has 0 aliphatic carbocycles. The molecule has 11 nitrogen and oxygen atoms in total. The van der Waals surface area contributed by atoms with Gasteiger partial charge in [-0.05, 0) is 37.5 Å². The fourth-order valence-electron chi connectivity index (χ4n) is 6.22. The number of rotatable bonds is 6. The topological polar surface area (TPSA) is 131 Å². The van der Waals surface area contributed by atoms with Crippen LogP contribution in [0.1, 0.15) is 26.2 Å². The average Bonchev–Trinajstić information content (AvgIpc) is 3.44. The third kappa shape index (κ3) is 5.25. The summed E-state index contributed by atoms with van der Waals surface area (Å²) in [5.41, 5.74) is 4.64. The van der Waals surface area contributed by atoms with Crippen molar-refractivity contribution in [2.75, 3.05) is 64.5 Å². The molecule has 1 unspecified atom stereocenters. The number of piperidine rings is 1. The number of alkyl halides is 3. The van der Waals surface area contributed by atoms with E-state index < -0.39 is 33.9 Å². The molecule has 4 N–H and O–H groups in total. The maximum Gasteiger partial charge on any atom is 0.414 e. The lowest BCUT2D eigenvalue weighted by atomic mass is 9.83. The van der Waals surface area contributed by atoms with E-state index in [0.29, 0.717) is 38.0 Å². The van der Waals surface area contributed by atoms with Crippen molar-refractivity contribution in [2.24, 2.45) is 10.7 Å². The Hall–Kier alpha value is -2.85. The molecule has 0 amide bonds. The van der Waals surface area contributed by atoms with Gasteiger partial charge in [0.25, 0.3) is 0 Å². The van der Waals surface area contributed by atoms with E-state index in [2.05, 4.69) is 20.5 Å². The third-order valence-electron chi connectivity index (χ3n) is 8.51. The molecule has 6 rings (SSSR count). The van der Waals surface area contributed by atoms with E-state index in [9.17, 15) is 21.6 Å². The Morgan fingerprint density at radius 1 is 1.10 bits per heavy atom. The zero-order valence-corrected chi connectivity index (χ0v) is 24.1. The molecule has 0 radical (unpaired) electrons. The highest BCUT2D eigenvalue weighted by molar-refractivity contribution is 7.89. The van der Waals surface area contributed by atoms with E-state index in [0.717, 1.165) is 25.9 Å². The van der Waals surface area contributed by atoms with Gasteiger partial charge in [-0.1, -0.05) is 6.92 Å². The highest BCUT2D eigenvalue weighted by Gasteiger charge is 2.47. The standard InChI is InChI=1S/C27H35F3N6O5S/c1-2-26(31)15-21(34-25-22(26)18(16-32-25)27(28,29)30)33-19-3-4-20(24-23(19)40-13-14-41-24)42(37,38)36-7-5-17(6-8-36)35-9-11-39-12-10-35/h3-4,15,17,33H,2,5-14,16,31H2,1H3,(H,32,34). The molecule has 1 aromatic carbocycles. The first kappa shape index (κ1) is 29.2. The van der Waals surface area contributed by atoms with Crippen LogP contribution < -0.4 is 25.8 Å². The fraction of sp³-hybridized carbons (Fsp3) is 0.593. The van der Waals surface area contributed by atoms with Crippen molar-refractivity contribution in [3.05, 3.63) is 35.2 Å². The van der Waals surface area contributed by atoms with Crippen LogP contribution >= 0.6 is 0 Å². The first-order valence-corrected chi connectivity index (χ1v) is 15.6. The van der Waals surface area contributed by atoms with Crippen molar-refractivity contribution in [3.8, 4) is 11.5 Å². The first-order valence-electron chi connectivity index (χ1n) is 14.2. The highest BCUT2D eigenvalue weighted by atomic mass is 32.2. The molecule has 2 fully saturated rings. The van der Waals surface area contributed by atoms with Gasteiger partial charge >= 0.3 is 6.18 Å². The van der Waals surface area contributed by atoms with Gasteiger partial charge in [-0.2, -0.15) is 17.5 Å². The van der Waals surface area contributed by atoms with Crippen molar-refractivity contribution >= 4 is 21.5 Å². The van der Waals surface area contributed by atoms with Crippen LogP contribution in [0.25, 0.3) is 0 Å². The highest BCUT2D eigenvalue weighted by Crippen LogP contribution is 2.45. The molecule has 230 valence electrons. The minimum Gasteiger partial charge on any atom is -0.485 e. The van der Waals surface area contributed by atoms with Gasteiger partial charge in [-0.25, -0.2) is 13.4 Å². The van der Waals surface area contributed by atoms with Crippen molar-refractivity contribution in [1.82, 2.24) is 14.5 Å². The van der Waals surface area contributed by atoms with E-state index >= 15 is 0 Å². The number of hydrogen-bond acceptors (Lipinski definition) is 10. The van der Waals surface area contributed by atoms with Crippen LogP contribution in [0.2, 0.25) is 0 Å². The molecule has 42 heavy (non-hydrogen) atoms. The number of nitrogens with zero attached hydrogens (tertiary/aromatic N) is 3. The molecule has 1 atom stereocenters. The number of fused-ring (bicyclic) bond motifs is 2. The second-order valence-corrected chi connectivity index (χ2v) is 12.9. The normalized spacial score (nSPS) is 25.9. The SMILES string of the molecule is CCC1(N)C=C(Nc2ccc(S(=O)(=O)N3CCC(N4CCOCC4)CC3)c3c2OCCO3)N=C2NCC(C(F)(F)F)=C21. The number of amidine groups is 1. The number of ether oxygens (including phenoxy) is 3. The molecular formula is C27H35F3N6O5S.